The van der Waals surface area contributed by atoms with Crippen LogP contribution in [0.4, 0.5) is 0 Å². The summed E-state index contributed by atoms with van der Waals surface area (Å²) in [7, 11) is 0. The molecule has 0 aromatic heterocycles. The standard InChI is InChI=1S/C20H35NO4/c1-2-19-20(3-8-21(19)13-16-4-9-22-10-5-16)25-18(1)15-24-14-17-6-11-23-12-7-17/h16-20H,1-15H2/t18-,19-,20-/m0/s1. The number of fused-ring (bicyclic) bond motifs is 1. The van der Waals surface area contributed by atoms with Crippen LogP contribution in [0.25, 0.3) is 0 Å². The summed E-state index contributed by atoms with van der Waals surface area (Å²) in [6.07, 6.45) is 9.14. The lowest BCUT2D eigenvalue weighted by Crippen LogP contribution is -2.45. The minimum atomic E-state index is 0.309. The molecule has 4 saturated heterocycles. The van der Waals surface area contributed by atoms with Gasteiger partial charge in [0.1, 0.15) is 0 Å². The zero-order valence-corrected chi connectivity index (χ0v) is 15.6. The van der Waals surface area contributed by atoms with Crippen molar-refractivity contribution < 1.29 is 18.9 Å². The average molecular weight is 354 g/mol. The Morgan fingerprint density at radius 3 is 2.24 bits per heavy atom. The maximum Gasteiger partial charge on any atom is 0.0813 e. The Bertz CT molecular complexity index is 395. The molecule has 0 N–H and O–H groups in total. The summed E-state index contributed by atoms with van der Waals surface area (Å²) in [5.74, 6) is 1.51. The van der Waals surface area contributed by atoms with E-state index in [2.05, 4.69) is 4.90 Å². The van der Waals surface area contributed by atoms with E-state index in [-0.39, 0.29) is 0 Å². The maximum absolute atomic E-state index is 6.40. The van der Waals surface area contributed by atoms with Crippen LogP contribution in [0.15, 0.2) is 0 Å². The molecule has 0 aromatic carbocycles. The first-order valence-corrected chi connectivity index (χ1v) is 10.5. The van der Waals surface area contributed by atoms with E-state index < -0.39 is 0 Å². The van der Waals surface area contributed by atoms with Crippen molar-refractivity contribution in [2.24, 2.45) is 11.8 Å². The normalized spacial score (nSPS) is 35.8. The van der Waals surface area contributed by atoms with Gasteiger partial charge in [-0.05, 0) is 56.8 Å². The first-order chi connectivity index (χ1) is 12.4. The van der Waals surface area contributed by atoms with Crippen LogP contribution < -0.4 is 0 Å². The second-order valence-electron chi connectivity index (χ2n) is 8.37. The molecule has 0 radical (unpaired) electrons. The summed E-state index contributed by atoms with van der Waals surface area (Å²) in [5.41, 5.74) is 0. The van der Waals surface area contributed by atoms with Crippen molar-refractivity contribution in [1.29, 1.82) is 0 Å². The molecule has 144 valence electrons. The van der Waals surface area contributed by atoms with Gasteiger partial charge in [-0.25, -0.2) is 0 Å². The molecule has 0 bridgehead atoms. The molecule has 4 fully saturated rings. The van der Waals surface area contributed by atoms with Crippen molar-refractivity contribution in [1.82, 2.24) is 4.90 Å². The van der Waals surface area contributed by atoms with Crippen LogP contribution in [0.2, 0.25) is 0 Å². The van der Waals surface area contributed by atoms with E-state index in [0.717, 1.165) is 64.8 Å². The maximum atomic E-state index is 6.40. The smallest absolute Gasteiger partial charge is 0.0813 e. The predicted molar refractivity (Wildman–Crippen MR) is 95.8 cm³/mol. The molecule has 0 amide bonds. The molecule has 25 heavy (non-hydrogen) atoms. The summed E-state index contributed by atoms with van der Waals surface area (Å²) < 4.78 is 23.3. The van der Waals surface area contributed by atoms with Gasteiger partial charge < -0.3 is 18.9 Å². The van der Waals surface area contributed by atoms with Gasteiger partial charge in [0.2, 0.25) is 0 Å². The van der Waals surface area contributed by atoms with E-state index in [1.54, 1.807) is 0 Å². The van der Waals surface area contributed by atoms with Gasteiger partial charge in [0.15, 0.2) is 0 Å². The summed E-state index contributed by atoms with van der Waals surface area (Å²) in [6, 6.07) is 0.648. The minimum absolute atomic E-state index is 0.309. The van der Waals surface area contributed by atoms with E-state index in [9.17, 15) is 0 Å². The fraction of sp³-hybridized carbons (Fsp3) is 1.00. The summed E-state index contributed by atoms with van der Waals surface area (Å²) in [6.45, 7) is 7.83. The van der Waals surface area contributed by atoms with E-state index in [1.807, 2.05) is 0 Å². The van der Waals surface area contributed by atoms with Crippen molar-refractivity contribution in [3.05, 3.63) is 0 Å². The highest BCUT2D eigenvalue weighted by Gasteiger charge is 2.40. The first kappa shape index (κ1) is 18.2. The molecule has 4 aliphatic heterocycles. The fourth-order valence-electron chi connectivity index (χ4n) is 4.97. The molecule has 4 heterocycles. The fourth-order valence-corrected chi connectivity index (χ4v) is 4.97. The van der Waals surface area contributed by atoms with Crippen LogP contribution in [0.1, 0.15) is 44.9 Å². The van der Waals surface area contributed by atoms with Crippen LogP contribution in [-0.4, -0.2) is 75.9 Å². The molecular weight excluding hydrogens is 318 g/mol. The number of nitrogens with zero attached hydrogens (tertiary/aromatic N) is 1. The SMILES string of the molecule is C1CC(COC[C@@H]2CC[C@H]3[C@H](CCN3CC3CCOCC3)O2)CCO1. The molecule has 0 saturated carbocycles. The molecule has 5 heteroatoms. The van der Waals surface area contributed by atoms with Crippen LogP contribution in [0, 0.1) is 11.8 Å². The van der Waals surface area contributed by atoms with Gasteiger partial charge in [-0.15, -0.1) is 0 Å². The lowest BCUT2D eigenvalue weighted by Gasteiger charge is -2.37. The zero-order valence-electron chi connectivity index (χ0n) is 15.6. The summed E-state index contributed by atoms with van der Waals surface area (Å²) in [5, 5.41) is 0. The molecule has 4 rings (SSSR count). The summed E-state index contributed by atoms with van der Waals surface area (Å²) >= 11 is 0. The number of hydrogen-bond donors (Lipinski definition) is 0. The molecule has 5 nitrogen and oxygen atoms in total. The number of rotatable bonds is 6. The van der Waals surface area contributed by atoms with Crippen LogP contribution in [0.3, 0.4) is 0 Å². The van der Waals surface area contributed by atoms with E-state index in [0.29, 0.717) is 24.2 Å². The van der Waals surface area contributed by atoms with Crippen molar-refractivity contribution in [3.8, 4) is 0 Å². The van der Waals surface area contributed by atoms with Crippen molar-refractivity contribution in [2.75, 3.05) is 52.7 Å². The Morgan fingerprint density at radius 2 is 1.48 bits per heavy atom. The minimum Gasteiger partial charge on any atom is -0.381 e. The Balaban J connectivity index is 1.16. The Labute approximate surface area is 152 Å². The van der Waals surface area contributed by atoms with Crippen molar-refractivity contribution in [3.63, 3.8) is 0 Å². The second kappa shape index (κ2) is 9.14. The van der Waals surface area contributed by atoms with Gasteiger partial charge in [-0.3, -0.25) is 4.90 Å². The molecule has 4 aliphatic rings. The number of likely N-dealkylation sites (tertiary alicyclic amines) is 1. The summed E-state index contributed by atoms with van der Waals surface area (Å²) in [4.78, 5) is 2.71. The van der Waals surface area contributed by atoms with Gasteiger partial charge in [0, 0.05) is 52.2 Å². The highest BCUT2D eigenvalue weighted by molar-refractivity contribution is 4.93. The Kier molecular flexibility index (Phi) is 6.64. The molecule has 0 spiro atoms. The largest absolute Gasteiger partial charge is 0.381 e. The quantitative estimate of drug-likeness (QED) is 0.734. The number of hydrogen-bond acceptors (Lipinski definition) is 5. The lowest BCUT2D eigenvalue weighted by molar-refractivity contribution is -0.106. The van der Waals surface area contributed by atoms with Gasteiger partial charge >= 0.3 is 0 Å². The monoisotopic (exact) mass is 353 g/mol. The van der Waals surface area contributed by atoms with Crippen molar-refractivity contribution >= 4 is 0 Å². The van der Waals surface area contributed by atoms with Crippen LogP contribution in [-0.2, 0) is 18.9 Å². The molecule has 0 aromatic rings. The van der Waals surface area contributed by atoms with Crippen LogP contribution in [0.5, 0.6) is 0 Å². The van der Waals surface area contributed by atoms with E-state index >= 15 is 0 Å². The first-order valence-electron chi connectivity index (χ1n) is 10.5. The average Bonchev–Trinajstić information content (AvgIpc) is 3.06. The third kappa shape index (κ3) is 4.95. The van der Waals surface area contributed by atoms with Gasteiger partial charge in [-0.1, -0.05) is 0 Å². The topological polar surface area (TPSA) is 40.2 Å². The highest BCUT2D eigenvalue weighted by atomic mass is 16.5. The molecule has 3 atom stereocenters. The van der Waals surface area contributed by atoms with Gasteiger partial charge in [0.05, 0.1) is 18.8 Å². The van der Waals surface area contributed by atoms with Crippen molar-refractivity contribution in [2.45, 2.75) is 63.2 Å². The second-order valence-corrected chi connectivity index (χ2v) is 8.37. The van der Waals surface area contributed by atoms with Gasteiger partial charge in [-0.2, -0.15) is 0 Å². The molecule has 0 unspecified atom stereocenters. The van der Waals surface area contributed by atoms with E-state index in [1.165, 1.54) is 38.8 Å². The Hall–Kier alpha value is -0.200. The predicted octanol–water partition coefficient (Wildman–Crippen LogP) is 2.48. The zero-order chi connectivity index (χ0) is 16.9. The molecular formula is C20H35NO4. The van der Waals surface area contributed by atoms with E-state index in [4.69, 9.17) is 18.9 Å². The van der Waals surface area contributed by atoms with Crippen LogP contribution >= 0.6 is 0 Å². The number of ether oxygens (including phenoxy) is 4. The highest BCUT2D eigenvalue weighted by Crippen LogP contribution is 2.33. The lowest BCUT2D eigenvalue weighted by atomic mass is 9.96. The van der Waals surface area contributed by atoms with Gasteiger partial charge in [0.25, 0.3) is 0 Å². The third-order valence-corrected chi connectivity index (χ3v) is 6.58. The Morgan fingerprint density at radius 1 is 0.760 bits per heavy atom. The molecule has 0 aliphatic carbocycles. The third-order valence-electron chi connectivity index (χ3n) is 6.58.